The molecule has 0 fully saturated rings. The number of carbonyl (C=O) groups is 1. The summed E-state index contributed by atoms with van der Waals surface area (Å²) in [6, 6.07) is 5.68. The maximum Gasteiger partial charge on any atom is 0.231 e. The number of aldehydes is 1. The smallest absolute Gasteiger partial charge is 0.231 e. The Morgan fingerprint density at radius 2 is 1.89 bits per heavy atom. The Morgan fingerprint density at radius 3 is 2.57 bits per heavy atom. The zero-order valence-corrected chi connectivity index (χ0v) is 16.2. The van der Waals surface area contributed by atoms with Crippen molar-refractivity contribution in [1.82, 2.24) is 4.90 Å². The van der Waals surface area contributed by atoms with E-state index in [0.717, 1.165) is 36.3 Å². The lowest BCUT2D eigenvalue weighted by Gasteiger charge is -2.35. The molecule has 0 saturated carbocycles. The largest absolute Gasteiger partial charge is 0.504 e. The molecule has 0 spiro atoms. The first kappa shape index (κ1) is 18.4. The molecule has 2 aromatic rings. The van der Waals surface area contributed by atoms with Gasteiger partial charge in [-0.25, -0.2) is 0 Å². The number of carbonyl (C=O) groups excluding carboxylic acids is 1. The minimum absolute atomic E-state index is 0.0226. The van der Waals surface area contributed by atoms with E-state index in [1.54, 1.807) is 6.07 Å². The molecule has 1 N–H and O–H groups in total. The van der Waals surface area contributed by atoms with Gasteiger partial charge in [0.2, 0.25) is 12.5 Å². The molecule has 7 nitrogen and oxygen atoms in total. The second-order valence-electron chi connectivity index (χ2n) is 7.01. The molecular weight excluding hydrogens is 362 g/mol. The Balaban J connectivity index is 1.78. The average Bonchev–Trinajstić information content (AvgIpc) is 3.15. The number of ether oxygens (including phenoxy) is 4. The first-order chi connectivity index (χ1) is 13.6. The van der Waals surface area contributed by atoms with E-state index in [1.807, 2.05) is 12.1 Å². The molecule has 0 amide bonds. The lowest BCUT2D eigenvalue weighted by atomic mass is 9.87. The number of hydrogen-bond acceptors (Lipinski definition) is 7. The van der Waals surface area contributed by atoms with E-state index < -0.39 is 0 Å². The Labute approximate surface area is 163 Å². The highest BCUT2D eigenvalue weighted by atomic mass is 16.7. The third-order valence-corrected chi connectivity index (χ3v) is 5.54. The van der Waals surface area contributed by atoms with Gasteiger partial charge in [0.15, 0.2) is 29.3 Å². The van der Waals surface area contributed by atoms with Gasteiger partial charge in [0.1, 0.15) is 0 Å². The van der Waals surface area contributed by atoms with Gasteiger partial charge in [0, 0.05) is 12.6 Å². The number of aromatic hydroxyl groups is 1. The third-order valence-electron chi connectivity index (χ3n) is 5.54. The predicted octanol–water partition coefficient (Wildman–Crippen LogP) is 2.72. The van der Waals surface area contributed by atoms with Gasteiger partial charge in [0.25, 0.3) is 0 Å². The van der Waals surface area contributed by atoms with Crippen LogP contribution in [0, 0.1) is 0 Å². The van der Waals surface area contributed by atoms with Crippen molar-refractivity contribution in [3.8, 4) is 28.7 Å². The summed E-state index contributed by atoms with van der Waals surface area (Å²) in [6.45, 7) is 1.12. The number of phenols is 1. The number of benzene rings is 2. The molecule has 4 rings (SSSR count). The van der Waals surface area contributed by atoms with Crippen molar-refractivity contribution in [3.05, 3.63) is 40.5 Å². The standard InChI is InChI=1S/C21H23NO6/c1-22-5-4-12-8-18-19(28-11-27-18)9-14(12)16(22)6-13-7-17(24)21(26-3)20(25-2)15(13)10-23/h7-10,16,24H,4-6,11H2,1-3H3/t16-/m1/s1. The van der Waals surface area contributed by atoms with E-state index in [-0.39, 0.29) is 30.1 Å². The summed E-state index contributed by atoms with van der Waals surface area (Å²) < 4.78 is 21.6. The van der Waals surface area contributed by atoms with Crippen LogP contribution in [0.2, 0.25) is 0 Å². The summed E-state index contributed by atoms with van der Waals surface area (Å²) >= 11 is 0. The third kappa shape index (κ3) is 2.92. The van der Waals surface area contributed by atoms with Gasteiger partial charge in [-0.05, 0) is 54.8 Å². The SMILES string of the molecule is COc1c(O)cc(C[C@@H]2c3cc4c(cc3CCN2C)OCO4)c(C=O)c1OC. The van der Waals surface area contributed by atoms with E-state index in [9.17, 15) is 9.90 Å². The summed E-state index contributed by atoms with van der Waals surface area (Å²) in [5, 5.41) is 10.4. The van der Waals surface area contributed by atoms with Crippen molar-refractivity contribution in [2.24, 2.45) is 0 Å². The van der Waals surface area contributed by atoms with Gasteiger partial charge in [-0.15, -0.1) is 0 Å². The molecule has 0 unspecified atom stereocenters. The summed E-state index contributed by atoms with van der Waals surface area (Å²) in [6.07, 6.45) is 2.20. The van der Waals surface area contributed by atoms with Crippen LogP contribution in [0.25, 0.3) is 0 Å². The molecule has 2 aromatic carbocycles. The number of rotatable bonds is 5. The van der Waals surface area contributed by atoms with E-state index >= 15 is 0 Å². The van der Waals surface area contributed by atoms with Crippen LogP contribution < -0.4 is 18.9 Å². The maximum atomic E-state index is 11.8. The molecule has 0 aliphatic carbocycles. The second-order valence-corrected chi connectivity index (χ2v) is 7.01. The normalized spacial score (nSPS) is 17.9. The second kappa shape index (κ2) is 7.24. The van der Waals surface area contributed by atoms with Crippen LogP contribution in [0.4, 0.5) is 0 Å². The predicted molar refractivity (Wildman–Crippen MR) is 102 cm³/mol. The van der Waals surface area contributed by atoms with Gasteiger partial charge in [-0.3, -0.25) is 9.69 Å². The van der Waals surface area contributed by atoms with Gasteiger partial charge < -0.3 is 24.1 Å². The van der Waals surface area contributed by atoms with Crippen LogP contribution in [-0.4, -0.2) is 50.9 Å². The first-order valence-electron chi connectivity index (χ1n) is 9.12. The fraction of sp³-hybridized carbons (Fsp3) is 0.381. The Hall–Kier alpha value is -2.93. The van der Waals surface area contributed by atoms with Gasteiger partial charge in [0.05, 0.1) is 19.8 Å². The van der Waals surface area contributed by atoms with Crippen molar-refractivity contribution in [1.29, 1.82) is 0 Å². The van der Waals surface area contributed by atoms with Crippen LogP contribution >= 0.6 is 0 Å². The van der Waals surface area contributed by atoms with E-state index in [0.29, 0.717) is 17.5 Å². The number of methoxy groups -OCH3 is 2. The van der Waals surface area contributed by atoms with Crippen LogP contribution in [0.3, 0.4) is 0 Å². The zero-order valence-electron chi connectivity index (χ0n) is 16.2. The summed E-state index contributed by atoms with van der Waals surface area (Å²) in [5.41, 5.74) is 3.44. The van der Waals surface area contributed by atoms with E-state index in [1.165, 1.54) is 19.8 Å². The summed E-state index contributed by atoms with van der Waals surface area (Å²) in [5.74, 6) is 1.87. The quantitative estimate of drug-likeness (QED) is 0.793. The summed E-state index contributed by atoms with van der Waals surface area (Å²) in [7, 11) is 4.94. The van der Waals surface area contributed by atoms with Crippen LogP contribution in [0.5, 0.6) is 28.7 Å². The topological polar surface area (TPSA) is 77.5 Å². The van der Waals surface area contributed by atoms with Gasteiger partial charge >= 0.3 is 0 Å². The van der Waals surface area contributed by atoms with Crippen LogP contribution in [0.15, 0.2) is 18.2 Å². The molecule has 0 saturated heterocycles. The maximum absolute atomic E-state index is 11.8. The Bertz CT molecular complexity index is 926. The molecule has 148 valence electrons. The van der Waals surface area contributed by atoms with Crippen molar-refractivity contribution in [3.63, 3.8) is 0 Å². The monoisotopic (exact) mass is 385 g/mol. The zero-order chi connectivity index (χ0) is 19.8. The van der Waals surface area contributed by atoms with E-state index in [2.05, 4.69) is 11.9 Å². The molecule has 0 bridgehead atoms. The average molecular weight is 385 g/mol. The fourth-order valence-corrected chi connectivity index (χ4v) is 4.08. The fourth-order valence-electron chi connectivity index (χ4n) is 4.08. The first-order valence-corrected chi connectivity index (χ1v) is 9.12. The molecule has 1 atom stereocenters. The highest BCUT2D eigenvalue weighted by Gasteiger charge is 2.30. The molecule has 2 aliphatic heterocycles. The number of phenolic OH excluding ortho intramolecular Hbond substituents is 1. The number of nitrogens with zero attached hydrogens (tertiary/aromatic N) is 1. The van der Waals surface area contributed by atoms with Gasteiger partial charge in [-0.2, -0.15) is 0 Å². The lowest BCUT2D eigenvalue weighted by molar-refractivity contribution is 0.111. The summed E-state index contributed by atoms with van der Waals surface area (Å²) in [4.78, 5) is 14.1. The Morgan fingerprint density at radius 1 is 1.18 bits per heavy atom. The van der Waals surface area contributed by atoms with Crippen molar-refractivity contribution in [2.45, 2.75) is 18.9 Å². The van der Waals surface area contributed by atoms with Gasteiger partial charge in [-0.1, -0.05) is 0 Å². The van der Waals surface area contributed by atoms with Crippen molar-refractivity contribution >= 4 is 6.29 Å². The molecule has 7 heteroatoms. The van der Waals surface area contributed by atoms with Crippen molar-refractivity contribution in [2.75, 3.05) is 34.6 Å². The molecular formula is C21H23NO6. The minimum Gasteiger partial charge on any atom is -0.504 e. The van der Waals surface area contributed by atoms with Crippen LogP contribution in [-0.2, 0) is 12.8 Å². The molecule has 0 aromatic heterocycles. The highest BCUT2D eigenvalue weighted by molar-refractivity contribution is 5.85. The van der Waals surface area contributed by atoms with Crippen molar-refractivity contribution < 1.29 is 28.8 Å². The minimum atomic E-state index is -0.0516. The molecule has 2 heterocycles. The molecule has 0 radical (unpaired) electrons. The highest BCUT2D eigenvalue weighted by Crippen LogP contribution is 2.44. The number of hydrogen-bond donors (Lipinski definition) is 1. The molecule has 2 aliphatic rings. The number of fused-ring (bicyclic) bond motifs is 2. The molecule has 28 heavy (non-hydrogen) atoms. The van der Waals surface area contributed by atoms with Crippen LogP contribution in [0.1, 0.15) is 33.1 Å². The Kier molecular flexibility index (Phi) is 4.77. The lowest BCUT2D eigenvalue weighted by Crippen LogP contribution is -2.33. The number of likely N-dealkylation sites (N-methyl/N-ethyl adjacent to an activating group) is 1. The van der Waals surface area contributed by atoms with E-state index in [4.69, 9.17) is 18.9 Å².